The van der Waals surface area contributed by atoms with E-state index < -0.39 is 0 Å². The quantitative estimate of drug-likeness (QED) is 0.521. The van der Waals surface area contributed by atoms with Crippen molar-refractivity contribution in [3.8, 4) is 17.2 Å². The summed E-state index contributed by atoms with van der Waals surface area (Å²) in [4.78, 5) is 14.1. The first-order valence-electron chi connectivity index (χ1n) is 8.86. The summed E-state index contributed by atoms with van der Waals surface area (Å²) in [6.45, 7) is 4.86. The number of carbonyl (C=O) groups excluding carboxylic acids is 1. The maximum Gasteiger partial charge on any atom is 0.277 e. The van der Waals surface area contributed by atoms with Crippen molar-refractivity contribution in [2.75, 3.05) is 23.8 Å². The summed E-state index contributed by atoms with van der Waals surface area (Å²) in [6.07, 6.45) is 0. The van der Waals surface area contributed by atoms with E-state index in [0.717, 1.165) is 11.3 Å². The van der Waals surface area contributed by atoms with E-state index in [9.17, 15) is 9.18 Å². The maximum absolute atomic E-state index is 13.1. The Morgan fingerprint density at radius 3 is 2.46 bits per heavy atom. The fraction of sp³-hybridized carbons (Fsp3) is 0.250. The highest BCUT2D eigenvalue weighted by Crippen LogP contribution is 2.25. The SMILES string of the molecule is CCOc1ccc(-c2nnc(SCC(=O)N(CC)c3ccc(F)cc3)o2)cc1. The smallest absolute Gasteiger partial charge is 0.277 e. The monoisotopic (exact) mass is 401 g/mol. The summed E-state index contributed by atoms with van der Waals surface area (Å²) in [5.41, 5.74) is 1.42. The second kappa shape index (κ2) is 9.36. The third-order valence-electron chi connectivity index (χ3n) is 3.89. The first-order chi connectivity index (χ1) is 13.6. The number of hydrogen-bond donors (Lipinski definition) is 0. The molecule has 1 amide bonds. The van der Waals surface area contributed by atoms with Crippen molar-refractivity contribution >= 4 is 23.4 Å². The van der Waals surface area contributed by atoms with Crippen LogP contribution in [-0.4, -0.2) is 35.0 Å². The molecule has 3 rings (SSSR count). The molecule has 6 nitrogen and oxygen atoms in total. The van der Waals surface area contributed by atoms with Crippen LogP contribution < -0.4 is 9.64 Å². The number of thioether (sulfide) groups is 1. The second-order valence-electron chi connectivity index (χ2n) is 5.73. The zero-order valence-electron chi connectivity index (χ0n) is 15.6. The molecule has 0 bridgehead atoms. The van der Waals surface area contributed by atoms with Gasteiger partial charge in [-0.25, -0.2) is 4.39 Å². The molecule has 0 aliphatic heterocycles. The molecule has 3 aromatic rings. The highest BCUT2D eigenvalue weighted by atomic mass is 32.2. The molecule has 0 aliphatic rings. The van der Waals surface area contributed by atoms with Gasteiger partial charge in [0.15, 0.2) is 0 Å². The van der Waals surface area contributed by atoms with Gasteiger partial charge in [0.1, 0.15) is 11.6 Å². The topological polar surface area (TPSA) is 68.5 Å². The van der Waals surface area contributed by atoms with Gasteiger partial charge in [-0.05, 0) is 62.4 Å². The lowest BCUT2D eigenvalue weighted by Gasteiger charge is -2.20. The van der Waals surface area contributed by atoms with Gasteiger partial charge in [0.25, 0.3) is 5.22 Å². The van der Waals surface area contributed by atoms with Gasteiger partial charge in [-0.15, -0.1) is 10.2 Å². The van der Waals surface area contributed by atoms with Crippen LogP contribution in [0.5, 0.6) is 5.75 Å². The van der Waals surface area contributed by atoms with E-state index in [2.05, 4.69) is 10.2 Å². The molecule has 2 aromatic carbocycles. The normalized spacial score (nSPS) is 10.7. The Morgan fingerprint density at radius 1 is 1.11 bits per heavy atom. The molecule has 0 N–H and O–H groups in total. The molecule has 1 aromatic heterocycles. The Morgan fingerprint density at radius 2 is 1.82 bits per heavy atom. The summed E-state index contributed by atoms with van der Waals surface area (Å²) in [5.74, 6) is 0.820. The molecular formula is C20H20FN3O3S. The van der Waals surface area contributed by atoms with Gasteiger partial charge >= 0.3 is 0 Å². The summed E-state index contributed by atoms with van der Waals surface area (Å²) in [5, 5.41) is 8.33. The number of carbonyl (C=O) groups is 1. The second-order valence-corrected chi connectivity index (χ2v) is 6.66. The molecule has 0 fully saturated rings. The highest BCUT2D eigenvalue weighted by Gasteiger charge is 2.17. The molecule has 8 heteroatoms. The lowest BCUT2D eigenvalue weighted by Crippen LogP contribution is -2.32. The fourth-order valence-electron chi connectivity index (χ4n) is 2.57. The van der Waals surface area contributed by atoms with Crippen LogP contribution in [-0.2, 0) is 4.79 Å². The molecule has 146 valence electrons. The van der Waals surface area contributed by atoms with Gasteiger partial charge in [0.05, 0.1) is 12.4 Å². The van der Waals surface area contributed by atoms with Gasteiger partial charge in [-0.2, -0.15) is 0 Å². The van der Waals surface area contributed by atoms with Crippen molar-refractivity contribution in [3.05, 3.63) is 54.3 Å². The average molecular weight is 401 g/mol. The predicted molar refractivity (Wildman–Crippen MR) is 106 cm³/mol. The van der Waals surface area contributed by atoms with E-state index in [1.54, 1.807) is 17.0 Å². The zero-order chi connectivity index (χ0) is 19.9. The molecule has 0 unspecified atom stereocenters. The number of rotatable bonds is 8. The van der Waals surface area contributed by atoms with Crippen LogP contribution in [0.15, 0.2) is 58.2 Å². The Kier molecular flexibility index (Phi) is 6.65. The first kappa shape index (κ1) is 19.9. The van der Waals surface area contributed by atoms with Crippen LogP contribution in [0.1, 0.15) is 13.8 Å². The van der Waals surface area contributed by atoms with Gasteiger partial charge in [0, 0.05) is 17.8 Å². The number of benzene rings is 2. The van der Waals surface area contributed by atoms with E-state index in [1.807, 2.05) is 38.1 Å². The molecule has 0 spiro atoms. The predicted octanol–water partition coefficient (Wildman–Crippen LogP) is 4.42. The largest absolute Gasteiger partial charge is 0.494 e. The van der Waals surface area contributed by atoms with Crippen molar-refractivity contribution < 1.29 is 18.3 Å². The Bertz CT molecular complexity index is 913. The lowest BCUT2D eigenvalue weighted by molar-refractivity contribution is -0.116. The number of nitrogens with zero attached hydrogens (tertiary/aromatic N) is 3. The summed E-state index contributed by atoms with van der Waals surface area (Å²) >= 11 is 1.17. The molecule has 28 heavy (non-hydrogen) atoms. The minimum atomic E-state index is -0.339. The van der Waals surface area contributed by atoms with Crippen LogP contribution in [0.3, 0.4) is 0 Å². The van der Waals surface area contributed by atoms with Crippen molar-refractivity contribution in [3.63, 3.8) is 0 Å². The minimum Gasteiger partial charge on any atom is -0.494 e. The van der Waals surface area contributed by atoms with Crippen LogP contribution in [0.4, 0.5) is 10.1 Å². The van der Waals surface area contributed by atoms with E-state index in [-0.39, 0.29) is 17.5 Å². The standard InChI is InChI=1S/C20H20FN3O3S/c1-3-24(16-9-7-15(21)8-10-16)18(25)13-28-20-23-22-19(27-20)14-5-11-17(12-6-14)26-4-2/h5-12H,3-4,13H2,1-2H3. The molecule has 1 heterocycles. The zero-order valence-corrected chi connectivity index (χ0v) is 16.4. The van der Waals surface area contributed by atoms with Crippen molar-refractivity contribution in [1.82, 2.24) is 10.2 Å². The number of amides is 1. The van der Waals surface area contributed by atoms with Crippen LogP contribution in [0.2, 0.25) is 0 Å². The Balaban J connectivity index is 1.61. The molecule has 0 atom stereocenters. The average Bonchev–Trinajstić information content (AvgIpc) is 3.18. The van der Waals surface area contributed by atoms with E-state index in [4.69, 9.17) is 9.15 Å². The molecular weight excluding hydrogens is 381 g/mol. The van der Waals surface area contributed by atoms with Crippen LogP contribution >= 0.6 is 11.8 Å². The summed E-state index contributed by atoms with van der Waals surface area (Å²) in [6, 6.07) is 13.2. The Labute approximate surface area is 166 Å². The van der Waals surface area contributed by atoms with Crippen LogP contribution in [0, 0.1) is 5.82 Å². The van der Waals surface area contributed by atoms with Gasteiger partial charge in [-0.3, -0.25) is 4.79 Å². The number of aromatic nitrogens is 2. The Hall–Kier alpha value is -2.87. The van der Waals surface area contributed by atoms with Gasteiger partial charge < -0.3 is 14.1 Å². The number of halogens is 1. The number of ether oxygens (including phenoxy) is 1. The van der Waals surface area contributed by atoms with Crippen molar-refractivity contribution in [2.45, 2.75) is 19.1 Å². The van der Waals surface area contributed by atoms with E-state index in [1.165, 1.54) is 23.9 Å². The van der Waals surface area contributed by atoms with Gasteiger partial charge in [0.2, 0.25) is 11.8 Å². The van der Waals surface area contributed by atoms with E-state index in [0.29, 0.717) is 30.0 Å². The molecule has 0 aliphatic carbocycles. The summed E-state index contributed by atoms with van der Waals surface area (Å²) < 4.78 is 24.1. The van der Waals surface area contributed by atoms with E-state index >= 15 is 0 Å². The number of hydrogen-bond acceptors (Lipinski definition) is 6. The molecule has 0 saturated carbocycles. The van der Waals surface area contributed by atoms with Gasteiger partial charge in [-0.1, -0.05) is 11.8 Å². The van der Waals surface area contributed by atoms with Crippen LogP contribution in [0.25, 0.3) is 11.5 Å². The number of anilines is 1. The highest BCUT2D eigenvalue weighted by molar-refractivity contribution is 7.99. The van der Waals surface area contributed by atoms with Crippen molar-refractivity contribution in [2.24, 2.45) is 0 Å². The molecule has 0 radical (unpaired) electrons. The molecule has 0 saturated heterocycles. The third-order valence-corrected chi connectivity index (χ3v) is 4.70. The summed E-state index contributed by atoms with van der Waals surface area (Å²) in [7, 11) is 0. The lowest BCUT2D eigenvalue weighted by atomic mass is 10.2. The first-order valence-corrected chi connectivity index (χ1v) is 9.84. The fourth-order valence-corrected chi connectivity index (χ4v) is 3.21. The third kappa shape index (κ3) is 4.89. The maximum atomic E-state index is 13.1. The van der Waals surface area contributed by atoms with Crippen molar-refractivity contribution in [1.29, 1.82) is 0 Å². The minimum absolute atomic E-state index is 0.125.